The maximum Gasteiger partial charge on any atom is 0.189 e. The summed E-state index contributed by atoms with van der Waals surface area (Å²) >= 11 is 0. The van der Waals surface area contributed by atoms with Crippen molar-refractivity contribution in [2.45, 2.75) is 57.5 Å². The van der Waals surface area contributed by atoms with Crippen molar-refractivity contribution in [1.29, 1.82) is 0 Å². The molecule has 0 aliphatic heterocycles. The number of nitrogens with one attached hydrogen (secondary N) is 1. The van der Waals surface area contributed by atoms with Gasteiger partial charge >= 0.3 is 0 Å². The molecule has 0 spiro atoms. The van der Waals surface area contributed by atoms with E-state index in [1.54, 1.807) is 0 Å². The first-order chi connectivity index (χ1) is 9.24. The third-order valence-electron chi connectivity index (χ3n) is 3.68. The van der Waals surface area contributed by atoms with Crippen LogP contribution >= 0.6 is 0 Å². The normalized spacial score (nSPS) is 19.1. The summed E-state index contributed by atoms with van der Waals surface area (Å²) in [4.78, 5) is 4.60. The van der Waals surface area contributed by atoms with Crippen molar-refractivity contribution in [1.82, 2.24) is 5.32 Å². The Morgan fingerprint density at radius 3 is 2.63 bits per heavy atom. The summed E-state index contributed by atoms with van der Waals surface area (Å²) in [6, 6.07) is 11.2. The molecule has 0 heterocycles. The van der Waals surface area contributed by atoms with Crippen molar-refractivity contribution in [2.75, 3.05) is 0 Å². The van der Waals surface area contributed by atoms with Crippen molar-refractivity contribution in [3.05, 3.63) is 35.9 Å². The molecule has 0 bridgehead atoms. The Morgan fingerprint density at radius 2 is 1.95 bits per heavy atom. The van der Waals surface area contributed by atoms with Gasteiger partial charge in [0.15, 0.2) is 5.96 Å². The van der Waals surface area contributed by atoms with Gasteiger partial charge < -0.3 is 11.1 Å². The van der Waals surface area contributed by atoms with E-state index in [4.69, 9.17) is 5.73 Å². The molecule has 1 aliphatic carbocycles. The van der Waals surface area contributed by atoms with Gasteiger partial charge in [-0.05, 0) is 31.7 Å². The molecule has 2 rings (SSSR count). The monoisotopic (exact) mass is 259 g/mol. The average Bonchev–Trinajstić information content (AvgIpc) is 2.40. The zero-order valence-electron chi connectivity index (χ0n) is 11.8. The zero-order chi connectivity index (χ0) is 13.5. The van der Waals surface area contributed by atoms with E-state index in [0.29, 0.717) is 18.0 Å². The zero-order valence-corrected chi connectivity index (χ0v) is 11.8. The summed E-state index contributed by atoms with van der Waals surface area (Å²) in [5.74, 6) is 0.607. The van der Waals surface area contributed by atoms with Gasteiger partial charge in [0.1, 0.15) is 0 Å². The number of aliphatic imine (C=N–C) groups is 1. The Kier molecular flexibility index (Phi) is 5.25. The SMILES string of the molecule is CC(Cc1ccccc1)NC(N)=NC1CCCCC1. The fraction of sp³-hybridized carbons (Fsp3) is 0.562. The highest BCUT2D eigenvalue weighted by atomic mass is 15.1. The van der Waals surface area contributed by atoms with Gasteiger partial charge in [-0.3, -0.25) is 4.99 Å². The van der Waals surface area contributed by atoms with Crippen LogP contribution in [-0.2, 0) is 6.42 Å². The summed E-state index contributed by atoms with van der Waals surface area (Å²) in [5.41, 5.74) is 7.32. The van der Waals surface area contributed by atoms with Crippen LogP contribution in [0.25, 0.3) is 0 Å². The second kappa shape index (κ2) is 7.17. The van der Waals surface area contributed by atoms with Gasteiger partial charge in [0.05, 0.1) is 6.04 Å². The quantitative estimate of drug-likeness (QED) is 0.645. The molecule has 3 N–H and O–H groups in total. The summed E-state index contributed by atoms with van der Waals surface area (Å²) in [6.45, 7) is 2.15. The highest BCUT2D eigenvalue weighted by molar-refractivity contribution is 5.78. The number of hydrogen-bond acceptors (Lipinski definition) is 1. The van der Waals surface area contributed by atoms with Crippen LogP contribution in [0.5, 0.6) is 0 Å². The van der Waals surface area contributed by atoms with Crippen molar-refractivity contribution in [3.8, 4) is 0 Å². The highest BCUT2D eigenvalue weighted by Gasteiger charge is 2.13. The number of nitrogens with zero attached hydrogens (tertiary/aromatic N) is 1. The first kappa shape index (κ1) is 13.9. The molecule has 1 aliphatic rings. The highest BCUT2D eigenvalue weighted by Crippen LogP contribution is 2.19. The number of rotatable bonds is 4. The average molecular weight is 259 g/mol. The molecule has 1 atom stereocenters. The van der Waals surface area contributed by atoms with Gasteiger partial charge in [0.25, 0.3) is 0 Å². The molecular weight excluding hydrogens is 234 g/mol. The van der Waals surface area contributed by atoms with E-state index in [1.165, 1.54) is 37.7 Å². The first-order valence-corrected chi connectivity index (χ1v) is 7.38. The molecule has 0 amide bonds. The molecule has 0 aromatic heterocycles. The summed E-state index contributed by atoms with van der Waals surface area (Å²) in [6.07, 6.45) is 7.29. The topological polar surface area (TPSA) is 50.4 Å². The van der Waals surface area contributed by atoms with Crippen LogP contribution in [0.3, 0.4) is 0 Å². The molecule has 104 valence electrons. The van der Waals surface area contributed by atoms with Crippen LogP contribution in [0.2, 0.25) is 0 Å². The van der Waals surface area contributed by atoms with E-state index < -0.39 is 0 Å². The lowest BCUT2D eigenvalue weighted by molar-refractivity contribution is 0.441. The van der Waals surface area contributed by atoms with E-state index in [0.717, 1.165) is 6.42 Å². The van der Waals surface area contributed by atoms with Crippen LogP contribution < -0.4 is 11.1 Å². The molecule has 3 nitrogen and oxygen atoms in total. The molecule has 1 aromatic rings. The Balaban J connectivity index is 1.80. The minimum Gasteiger partial charge on any atom is -0.370 e. The van der Waals surface area contributed by atoms with Crippen molar-refractivity contribution >= 4 is 5.96 Å². The molecule has 1 unspecified atom stereocenters. The number of nitrogens with two attached hydrogens (primary N) is 1. The minimum absolute atomic E-state index is 0.315. The molecule has 0 radical (unpaired) electrons. The molecular formula is C16H25N3. The Morgan fingerprint density at radius 1 is 1.26 bits per heavy atom. The Labute approximate surface area is 116 Å². The summed E-state index contributed by atoms with van der Waals surface area (Å²) < 4.78 is 0. The number of guanidine groups is 1. The van der Waals surface area contributed by atoms with E-state index in [1.807, 2.05) is 6.07 Å². The molecule has 1 fully saturated rings. The maximum atomic E-state index is 6.00. The van der Waals surface area contributed by atoms with E-state index >= 15 is 0 Å². The lowest BCUT2D eigenvalue weighted by Crippen LogP contribution is -2.40. The maximum absolute atomic E-state index is 6.00. The molecule has 1 saturated carbocycles. The standard InChI is InChI=1S/C16H25N3/c1-13(12-14-8-4-2-5-9-14)18-16(17)19-15-10-6-3-7-11-15/h2,4-5,8-9,13,15H,3,6-7,10-12H2,1H3,(H3,17,18,19). The predicted octanol–water partition coefficient (Wildman–Crippen LogP) is 2.85. The van der Waals surface area contributed by atoms with Crippen LogP contribution in [0.1, 0.15) is 44.6 Å². The van der Waals surface area contributed by atoms with Gasteiger partial charge in [-0.2, -0.15) is 0 Å². The number of benzene rings is 1. The van der Waals surface area contributed by atoms with Gasteiger partial charge in [-0.1, -0.05) is 49.6 Å². The smallest absolute Gasteiger partial charge is 0.189 e. The Hall–Kier alpha value is -1.51. The summed E-state index contributed by atoms with van der Waals surface area (Å²) in [7, 11) is 0. The third kappa shape index (κ3) is 4.93. The van der Waals surface area contributed by atoms with E-state index in [-0.39, 0.29) is 0 Å². The van der Waals surface area contributed by atoms with E-state index in [9.17, 15) is 0 Å². The van der Waals surface area contributed by atoms with Crippen LogP contribution in [-0.4, -0.2) is 18.0 Å². The molecule has 19 heavy (non-hydrogen) atoms. The largest absolute Gasteiger partial charge is 0.370 e. The van der Waals surface area contributed by atoms with Crippen molar-refractivity contribution < 1.29 is 0 Å². The fourth-order valence-corrected chi connectivity index (χ4v) is 2.72. The predicted molar refractivity (Wildman–Crippen MR) is 81.2 cm³/mol. The lowest BCUT2D eigenvalue weighted by atomic mass is 9.96. The van der Waals surface area contributed by atoms with E-state index in [2.05, 4.69) is 41.5 Å². The van der Waals surface area contributed by atoms with Gasteiger partial charge in [-0.25, -0.2) is 0 Å². The first-order valence-electron chi connectivity index (χ1n) is 7.38. The van der Waals surface area contributed by atoms with Crippen molar-refractivity contribution in [2.24, 2.45) is 10.7 Å². The second-order valence-corrected chi connectivity index (χ2v) is 5.54. The van der Waals surface area contributed by atoms with Crippen LogP contribution in [0.15, 0.2) is 35.3 Å². The Bertz CT molecular complexity index is 394. The van der Waals surface area contributed by atoms with Crippen molar-refractivity contribution in [3.63, 3.8) is 0 Å². The lowest BCUT2D eigenvalue weighted by Gasteiger charge is -2.20. The molecule has 3 heteroatoms. The number of hydrogen-bond donors (Lipinski definition) is 2. The van der Waals surface area contributed by atoms with Gasteiger partial charge in [-0.15, -0.1) is 0 Å². The molecule has 1 aromatic carbocycles. The summed E-state index contributed by atoms with van der Waals surface area (Å²) in [5, 5.41) is 3.30. The van der Waals surface area contributed by atoms with Gasteiger partial charge in [0, 0.05) is 6.04 Å². The fourth-order valence-electron chi connectivity index (χ4n) is 2.72. The second-order valence-electron chi connectivity index (χ2n) is 5.54. The van der Waals surface area contributed by atoms with Crippen LogP contribution in [0.4, 0.5) is 0 Å². The molecule has 0 saturated heterocycles. The minimum atomic E-state index is 0.315. The van der Waals surface area contributed by atoms with Crippen LogP contribution in [0, 0.1) is 0 Å². The van der Waals surface area contributed by atoms with Gasteiger partial charge in [0.2, 0.25) is 0 Å². The third-order valence-corrected chi connectivity index (χ3v) is 3.68.